The Morgan fingerprint density at radius 3 is 2.29 bits per heavy atom. The predicted molar refractivity (Wildman–Crippen MR) is 118 cm³/mol. The fourth-order valence-electron chi connectivity index (χ4n) is 3.15. The molecule has 3 aromatic carbocycles. The van der Waals surface area contributed by atoms with Crippen molar-refractivity contribution >= 4 is 23.3 Å². The van der Waals surface area contributed by atoms with Crippen molar-refractivity contribution in [2.45, 2.75) is 13.2 Å². The monoisotopic (exact) mass is 507 g/mol. The summed E-state index contributed by atoms with van der Waals surface area (Å²) in [6, 6.07) is 11.7. The van der Waals surface area contributed by atoms with Gasteiger partial charge in [0.1, 0.15) is 17.4 Å². The first-order valence-electron chi connectivity index (χ1n) is 10.0. The van der Waals surface area contributed by atoms with Gasteiger partial charge in [-0.1, -0.05) is 35.9 Å². The standard InChI is InChI=1S/C24H15ClF5N3O2/c25-17-11-33(10-14-2-1-3-16(26)8-14)32-23(17)31-24(34)15-6-4-13(5-7-15)12-35-22-20(29)18(27)9-19(28)21(22)30/h1-9,11H,10,12H2,(H,31,32,34). The third-order valence-corrected chi connectivity index (χ3v) is 5.13. The fourth-order valence-corrected chi connectivity index (χ4v) is 3.35. The highest BCUT2D eigenvalue weighted by molar-refractivity contribution is 6.33. The average molecular weight is 508 g/mol. The zero-order valence-corrected chi connectivity index (χ0v) is 18.4. The Bertz CT molecular complexity index is 1370. The Hall–Kier alpha value is -3.92. The number of aromatic nitrogens is 2. The first-order chi connectivity index (χ1) is 16.7. The van der Waals surface area contributed by atoms with Crippen molar-refractivity contribution in [1.82, 2.24) is 9.78 Å². The number of ether oxygens (including phenoxy) is 1. The van der Waals surface area contributed by atoms with Gasteiger partial charge in [-0.2, -0.15) is 13.9 Å². The third kappa shape index (κ3) is 5.60. The lowest BCUT2D eigenvalue weighted by Gasteiger charge is -2.10. The third-order valence-electron chi connectivity index (χ3n) is 4.85. The molecule has 5 nitrogen and oxygen atoms in total. The molecule has 0 aliphatic carbocycles. The van der Waals surface area contributed by atoms with E-state index in [2.05, 4.69) is 10.4 Å². The molecule has 0 unspecified atom stereocenters. The zero-order chi connectivity index (χ0) is 25.1. The summed E-state index contributed by atoms with van der Waals surface area (Å²) < 4.78 is 73.7. The van der Waals surface area contributed by atoms with Crippen LogP contribution in [0, 0.1) is 29.1 Å². The second kappa shape index (κ2) is 10.1. The van der Waals surface area contributed by atoms with Crippen molar-refractivity contribution in [3.63, 3.8) is 0 Å². The van der Waals surface area contributed by atoms with Crippen LogP contribution in [0.4, 0.5) is 27.8 Å². The summed E-state index contributed by atoms with van der Waals surface area (Å²) >= 11 is 6.14. The molecule has 1 amide bonds. The summed E-state index contributed by atoms with van der Waals surface area (Å²) in [5, 5.41) is 6.92. The van der Waals surface area contributed by atoms with Crippen LogP contribution in [0.15, 0.2) is 60.8 Å². The number of hydrogen-bond donors (Lipinski definition) is 1. The van der Waals surface area contributed by atoms with E-state index in [4.69, 9.17) is 16.3 Å². The molecule has 1 heterocycles. The number of halogens is 6. The maximum atomic E-state index is 13.7. The van der Waals surface area contributed by atoms with Crippen LogP contribution >= 0.6 is 11.6 Å². The Kier molecular flexibility index (Phi) is 7.02. The number of carbonyl (C=O) groups excluding carboxylic acids is 1. The number of anilines is 1. The maximum absolute atomic E-state index is 13.7. The molecule has 0 bridgehead atoms. The molecule has 0 aliphatic rings. The minimum absolute atomic E-state index is 0.0850. The molecule has 4 aromatic rings. The Morgan fingerprint density at radius 1 is 0.943 bits per heavy atom. The summed E-state index contributed by atoms with van der Waals surface area (Å²) in [5.74, 6) is -8.46. The lowest BCUT2D eigenvalue weighted by atomic mass is 10.1. The van der Waals surface area contributed by atoms with E-state index in [1.54, 1.807) is 12.1 Å². The second-order valence-electron chi connectivity index (χ2n) is 7.39. The van der Waals surface area contributed by atoms with Crippen LogP contribution in [0.2, 0.25) is 5.02 Å². The van der Waals surface area contributed by atoms with E-state index >= 15 is 0 Å². The van der Waals surface area contributed by atoms with Gasteiger partial charge in [-0.3, -0.25) is 9.48 Å². The molecule has 0 atom stereocenters. The smallest absolute Gasteiger partial charge is 0.256 e. The van der Waals surface area contributed by atoms with Crippen molar-refractivity contribution in [2.24, 2.45) is 0 Å². The molecular weight excluding hydrogens is 493 g/mol. The van der Waals surface area contributed by atoms with Gasteiger partial charge in [0.25, 0.3) is 5.91 Å². The number of nitrogens with zero attached hydrogens (tertiary/aromatic N) is 2. The molecule has 1 N–H and O–H groups in total. The minimum Gasteiger partial charge on any atom is -0.483 e. The maximum Gasteiger partial charge on any atom is 0.256 e. The summed E-state index contributed by atoms with van der Waals surface area (Å²) in [7, 11) is 0. The topological polar surface area (TPSA) is 56.2 Å². The Morgan fingerprint density at radius 2 is 1.63 bits per heavy atom. The number of hydrogen-bond acceptors (Lipinski definition) is 3. The van der Waals surface area contributed by atoms with E-state index in [9.17, 15) is 26.7 Å². The van der Waals surface area contributed by atoms with E-state index in [1.165, 1.54) is 47.3 Å². The minimum atomic E-state index is -1.64. The van der Waals surface area contributed by atoms with Crippen LogP contribution in [0.1, 0.15) is 21.5 Å². The van der Waals surface area contributed by atoms with Crippen LogP contribution in [0.3, 0.4) is 0 Å². The number of benzene rings is 3. The SMILES string of the molecule is O=C(Nc1nn(Cc2cccc(F)c2)cc1Cl)c1ccc(COc2c(F)c(F)cc(F)c2F)cc1. The normalized spacial score (nSPS) is 10.9. The van der Waals surface area contributed by atoms with Crippen LogP contribution in [0.5, 0.6) is 5.75 Å². The molecule has 0 radical (unpaired) electrons. The van der Waals surface area contributed by atoms with Crippen LogP contribution in [-0.4, -0.2) is 15.7 Å². The summed E-state index contributed by atoms with van der Waals surface area (Å²) in [6.07, 6.45) is 1.48. The average Bonchev–Trinajstić information content (AvgIpc) is 3.16. The van der Waals surface area contributed by atoms with Gasteiger partial charge in [-0.25, -0.2) is 13.2 Å². The first kappa shape index (κ1) is 24.2. The second-order valence-corrected chi connectivity index (χ2v) is 7.80. The molecule has 35 heavy (non-hydrogen) atoms. The first-order valence-corrected chi connectivity index (χ1v) is 10.4. The molecule has 0 saturated carbocycles. The largest absolute Gasteiger partial charge is 0.483 e. The lowest BCUT2D eigenvalue weighted by molar-refractivity contribution is 0.102. The van der Waals surface area contributed by atoms with Gasteiger partial charge in [0, 0.05) is 17.8 Å². The van der Waals surface area contributed by atoms with Crippen molar-refractivity contribution in [1.29, 1.82) is 0 Å². The molecule has 0 spiro atoms. The lowest BCUT2D eigenvalue weighted by Crippen LogP contribution is -2.13. The van der Waals surface area contributed by atoms with Gasteiger partial charge in [0.05, 0.1) is 6.54 Å². The van der Waals surface area contributed by atoms with Gasteiger partial charge < -0.3 is 10.1 Å². The van der Waals surface area contributed by atoms with Crippen molar-refractivity contribution < 1.29 is 31.5 Å². The predicted octanol–water partition coefficient (Wildman–Crippen LogP) is 6.11. The molecular formula is C24H15ClF5N3O2. The Balaban J connectivity index is 1.40. The molecule has 0 aliphatic heterocycles. The highest BCUT2D eigenvalue weighted by Crippen LogP contribution is 2.27. The van der Waals surface area contributed by atoms with Crippen LogP contribution < -0.4 is 10.1 Å². The molecule has 180 valence electrons. The van der Waals surface area contributed by atoms with Crippen molar-refractivity contribution in [3.8, 4) is 5.75 Å². The number of carbonyl (C=O) groups is 1. The summed E-state index contributed by atoms with van der Waals surface area (Å²) in [4.78, 5) is 12.6. The summed E-state index contributed by atoms with van der Waals surface area (Å²) in [5.41, 5.74) is 1.24. The summed E-state index contributed by atoms with van der Waals surface area (Å²) in [6.45, 7) is -0.173. The highest BCUT2D eigenvalue weighted by Gasteiger charge is 2.20. The number of rotatable bonds is 7. The van der Waals surface area contributed by atoms with Crippen LogP contribution in [0.25, 0.3) is 0 Å². The zero-order valence-electron chi connectivity index (χ0n) is 17.7. The van der Waals surface area contributed by atoms with Gasteiger partial charge in [0.15, 0.2) is 23.2 Å². The fraction of sp³-hybridized carbons (Fsp3) is 0.0833. The number of amides is 1. The van der Waals surface area contributed by atoms with Gasteiger partial charge in [-0.15, -0.1) is 0 Å². The van der Waals surface area contributed by atoms with Crippen molar-refractivity contribution in [3.05, 3.63) is 112 Å². The van der Waals surface area contributed by atoms with E-state index in [1.807, 2.05) is 0 Å². The Labute approximate surface area is 200 Å². The number of nitrogens with one attached hydrogen (secondary N) is 1. The molecule has 0 saturated heterocycles. The highest BCUT2D eigenvalue weighted by atomic mass is 35.5. The van der Waals surface area contributed by atoms with Gasteiger partial charge in [-0.05, 0) is 35.4 Å². The van der Waals surface area contributed by atoms with E-state index < -0.39 is 41.5 Å². The molecule has 4 rings (SSSR count). The van der Waals surface area contributed by atoms with Crippen LogP contribution in [-0.2, 0) is 13.2 Å². The van der Waals surface area contributed by atoms with E-state index in [-0.39, 0.29) is 34.8 Å². The quantitative estimate of drug-likeness (QED) is 0.242. The van der Waals surface area contributed by atoms with E-state index in [0.29, 0.717) is 11.1 Å². The molecule has 1 aromatic heterocycles. The molecule has 11 heteroatoms. The molecule has 0 fully saturated rings. The van der Waals surface area contributed by atoms with Gasteiger partial charge in [0.2, 0.25) is 11.6 Å². The van der Waals surface area contributed by atoms with Gasteiger partial charge >= 0.3 is 0 Å². The van der Waals surface area contributed by atoms with E-state index in [0.717, 1.165) is 0 Å². The van der Waals surface area contributed by atoms with Crippen molar-refractivity contribution in [2.75, 3.05) is 5.32 Å².